The summed E-state index contributed by atoms with van der Waals surface area (Å²) in [6, 6.07) is 10.2. The first-order chi connectivity index (χ1) is 14.4. The van der Waals surface area contributed by atoms with Crippen LogP contribution >= 0.6 is 11.6 Å². The largest absolute Gasteiger partial charge is 0.354 e. The number of benzene rings is 1. The van der Waals surface area contributed by atoms with Gasteiger partial charge in [-0.2, -0.15) is 8.42 Å². The topological polar surface area (TPSA) is 82.9 Å². The van der Waals surface area contributed by atoms with Crippen LogP contribution in [0.15, 0.2) is 58.8 Å². The Labute approximate surface area is 180 Å². The molecule has 4 rings (SSSR count). The molecule has 156 valence electrons. The number of amidine groups is 1. The predicted octanol–water partition coefficient (Wildman–Crippen LogP) is 3.06. The van der Waals surface area contributed by atoms with Gasteiger partial charge < -0.3 is 9.80 Å². The molecule has 3 heterocycles. The molecule has 0 spiro atoms. The smallest absolute Gasteiger partial charge is 0.285 e. The van der Waals surface area contributed by atoms with Crippen molar-refractivity contribution in [3.05, 3.63) is 70.5 Å². The fraction of sp³-hybridized carbons (Fsp3) is 0.286. The van der Waals surface area contributed by atoms with Crippen molar-refractivity contribution in [2.75, 3.05) is 26.2 Å². The minimum atomic E-state index is -3.79. The van der Waals surface area contributed by atoms with Crippen LogP contribution < -0.4 is 0 Å². The second-order valence-corrected chi connectivity index (χ2v) is 9.20. The summed E-state index contributed by atoms with van der Waals surface area (Å²) >= 11 is 5.94. The zero-order valence-electron chi connectivity index (χ0n) is 16.5. The van der Waals surface area contributed by atoms with Crippen LogP contribution in [-0.2, 0) is 10.0 Å². The van der Waals surface area contributed by atoms with Crippen LogP contribution in [0.4, 0.5) is 0 Å². The third-order valence-corrected chi connectivity index (χ3v) is 6.96. The van der Waals surface area contributed by atoms with Gasteiger partial charge in [0.1, 0.15) is 10.7 Å². The molecule has 1 amide bonds. The van der Waals surface area contributed by atoms with Gasteiger partial charge in [0.25, 0.3) is 15.9 Å². The van der Waals surface area contributed by atoms with Crippen molar-refractivity contribution in [2.45, 2.75) is 13.3 Å². The van der Waals surface area contributed by atoms with E-state index in [4.69, 9.17) is 11.6 Å². The van der Waals surface area contributed by atoms with E-state index >= 15 is 0 Å². The molecule has 0 N–H and O–H groups in total. The molecular weight excluding hydrogens is 424 g/mol. The number of nitrogens with zero attached hydrogens (tertiary/aromatic N) is 4. The van der Waals surface area contributed by atoms with E-state index in [-0.39, 0.29) is 10.8 Å². The van der Waals surface area contributed by atoms with Gasteiger partial charge in [-0.1, -0.05) is 23.7 Å². The van der Waals surface area contributed by atoms with Gasteiger partial charge in [0, 0.05) is 49.2 Å². The van der Waals surface area contributed by atoms with Gasteiger partial charge in [0.15, 0.2) is 0 Å². The number of rotatable bonds is 2. The van der Waals surface area contributed by atoms with Crippen molar-refractivity contribution in [3.63, 3.8) is 0 Å². The number of hydrogen-bond donors (Lipinski definition) is 0. The summed E-state index contributed by atoms with van der Waals surface area (Å²) in [5, 5.41) is 0.541. The molecule has 0 bridgehead atoms. The number of carbonyl (C=O) groups excluding carboxylic acids is 1. The number of sulfonamides is 1. The van der Waals surface area contributed by atoms with E-state index in [0.717, 1.165) is 0 Å². The highest BCUT2D eigenvalue weighted by Gasteiger charge is 2.34. The van der Waals surface area contributed by atoms with Gasteiger partial charge in [-0.25, -0.2) is 0 Å². The van der Waals surface area contributed by atoms with Crippen LogP contribution in [0.3, 0.4) is 0 Å². The maximum absolute atomic E-state index is 12.8. The Bertz CT molecular complexity index is 1130. The highest BCUT2D eigenvalue weighted by molar-refractivity contribution is 8.00. The van der Waals surface area contributed by atoms with Crippen molar-refractivity contribution < 1.29 is 13.2 Å². The first-order valence-corrected chi connectivity index (χ1v) is 11.4. The Balaban J connectivity index is 1.56. The molecule has 9 heteroatoms. The normalized spacial score (nSPS) is 18.9. The zero-order chi connectivity index (χ0) is 21.3. The number of carbonyl (C=O) groups is 1. The quantitative estimate of drug-likeness (QED) is 0.710. The fourth-order valence-corrected chi connectivity index (χ4v) is 5.40. The average molecular weight is 445 g/mol. The van der Waals surface area contributed by atoms with E-state index < -0.39 is 10.0 Å². The van der Waals surface area contributed by atoms with E-state index in [9.17, 15) is 13.2 Å². The summed E-state index contributed by atoms with van der Waals surface area (Å²) in [6.07, 6.45) is 3.91. The zero-order valence-corrected chi connectivity index (χ0v) is 18.0. The maximum atomic E-state index is 12.8. The lowest BCUT2D eigenvalue weighted by atomic mass is 10.1. The Morgan fingerprint density at radius 1 is 1.07 bits per heavy atom. The SMILES string of the molecule is CC1=C(c2ccc(Cl)cc2)S(=O)(=O)N=C1N1CCCN(C(=O)c2cccnc2)CC1. The van der Waals surface area contributed by atoms with Crippen LogP contribution in [0.1, 0.15) is 29.3 Å². The molecule has 1 aromatic carbocycles. The molecule has 2 aliphatic heterocycles. The summed E-state index contributed by atoms with van der Waals surface area (Å²) in [7, 11) is -3.79. The summed E-state index contributed by atoms with van der Waals surface area (Å²) in [6.45, 7) is 3.98. The molecule has 7 nitrogen and oxygen atoms in total. The van der Waals surface area contributed by atoms with Crippen LogP contribution in [0.5, 0.6) is 0 Å². The lowest BCUT2D eigenvalue weighted by molar-refractivity contribution is 0.0763. The van der Waals surface area contributed by atoms with Crippen LogP contribution in [-0.4, -0.2) is 61.1 Å². The van der Waals surface area contributed by atoms with Crippen molar-refractivity contribution in [1.29, 1.82) is 0 Å². The monoisotopic (exact) mass is 444 g/mol. The van der Waals surface area contributed by atoms with E-state index in [1.54, 1.807) is 60.6 Å². The summed E-state index contributed by atoms with van der Waals surface area (Å²) in [5.74, 6) is 0.385. The van der Waals surface area contributed by atoms with Gasteiger partial charge in [-0.05, 0) is 43.2 Å². The van der Waals surface area contributed by atoms with Crippen molar-refractivity contribution >= 4 is 38.3 Å². The summed E-state index contributed by atoms with van der Waals surface area (Å²) in [5.41, 5.74) is 1.73. The second kappa shape index (κ2) is 8.20. The molecule has 2 aliphatic rings. The van der Waals surface area contributed by atoms with Gasteiger partial charge in [0.05, 0.1) is 5.56 Å². The summed E-state index contributed by atoms with van der Waals surface area (Å²) < 4.78 is 29.6. The van der Waals surface area contributed by atoms with Gasteiger partial charge in [0.2, 0.25) is 0 Å². The van der Waals surface area contributed by atoms with Crippen molar-refractivity contribution in [3.8, 4) is 0 Å². The van der Waals surface area contributed by atoms with E-state index in [0.29, 0.717) is 60.2 Å². The van der Waals surface area contributed by atoms with Crippen LogP contribution in [0.2, 0.25) is 5.02 Å². The maximum Gasteiger partial charge on any atom is 0.285 e. The first kappa shape index (κ1) is 20.6. The Kier molecular flexibility index (Phi) is 5.62. The van der Waals surface area contributed by atoms with Crippen LogP contribution in [0.25, 0.3) is 4.91 Å². The lowest BCUT2D eigenvalue weighted by Gasteiger charge is -2.23. The Morgan fingerprint density at radius 2 is 1.83 bits per heavy atom. The number of pyridine rings is 1. The fourth-order valence-electron chi connectivity index (χ4n) is 3.79. The van der Waals surface area contributed by atoms with E-state index in [1.807, 2.05) is 4.90 Å². The van der Waals surface area contributed by atoms with Gasteiger partial charge >= 0.3 is 0 Å². The highest BCUT2D eigenvalue weighted by atomic mass is 35.5. The van der Waals surface area contributed by atoms with Crippen LogP contribution in [0, 0.1) is 0 Å². The van der Waals surface area contributed by atoms with Crippen molar-refractivity contribution in [2.24, 2.45) is 4.40 Å². The number of aromatic nitrogens is 1. The predicted molar refractivity (Wildman–Crippen MR) is 117 cm³/mol. The molecular formula is C21H21ClN4O3S. The first-order valence-electron chi connectivity index (χ1n) is 9.63. The molecule has 0 aliphatic carbocycles. The Morgan fingerprint density at radius 3 is 2.53 bits per heavy atom. The van der Waals surface area contributed by atoms with E-state index in [1.165, 1.54) is 0 Å². The minimum absolute atomic E-state index is 0.0694. The van der Waals surface area contributed by atoms with Crippen molar-refractivity contribution in [1.82, 2.24) is 14.8 Å². The van der Waals surface area contributed by atoms with Gasteiger partial charge in [-0.3, -0.25) is 9.78 Å². The third-order valence-electron chi connectivity index (χ3n) is 5.24. The number of halogens is 1. The minimum Gasteiger partial charge on any atom is -0.354 e. The molecule has 30 heavy (non-hydrogen) atoms. The molecule has 0 atom stereocenters. The summed E-state index contributed by atoms with van der Waals surface area (Å²) in [4.78, 5) is 20.7. The molecule has 1 aromatic heterocycles. The standard InChI is InChI=1S/C21H21ClN4O3S/c1-15-19(16-5-7-18(22)8-6-16)30(28,29)24-20(15)25-10-3-11-26(13-12-25)21(27)17-4-2-9-23-14-17/h2,4-9,14H,3,10-13H2,1H3. The lowest BCUT2D eigenvalue weighted by Crippen LogP contribution is -2.37. The Hall–Kier alpha value is -2.71. The van der Waals surface area contributed by atoms with Gasteiger partial charge in [-0.15, -0.1) is 4.40 Å². The number of hydrogen-bond acceptors (Lipinski definition) is 5. The molecule has 2 aromatic rings. The molecule has 0 saturated carbocycles. The second-order valence-electron chi connectivity index (χ2n) is 7.23. The molecule has 0 radical (unpaired) electrons. The number of amides is 1. The average Bonchev–Trinajstić information content (AvgIpc) is 2.90. The third kappa shape index (κ3) is 3.97. The molecule has 1 saturated heterocycles. The highest BCUT2D eigenvalue weighted by Crippen LogP contribution is 2.34. The van der Waals surface area contributed by atoms with E-state index in [2.05, 4.69) is 9.38 Å². The molecule has 0 unspecified atom stereocenters. The molecule has 1 fully saturated rings.